The molecule has 0 heterocycles. The van der Waals surface area contributed by atoms with Crippen LogP contribution in [0.3, 0.4) is 0 Å². The molecule has 0 spiro atoms. The number of methoxy groups -OCH3 is 1. The lowest BCUT2D eigenvalue weighted by molar-refractivity contribution is -0.148. The molecule has 0 fully saturated rings. The van der Waals surface area contributed by atoms with E-state index in [-0.39, 0.29) is 5.91 Å². The second-order valence-corrected chi connectivity index (χ2v) is 3.61. The van der Waals surface area contributed by atoms with Crippen molar-refractivity contribution in [3.05, 3.63) is 29.8 Å². The second-order valence-electron chi connectivity index (χ2n) is 3.61. The number of benzene rings is 1. The molecule has 0 aliphatic carbocycles. The zero-order chi connectivity index (χ0) is 13.0. The van der Waals surface area contributed by atoms with E-state index in [1.54, 1.807) is 24.3 Å². The molecule has 1 unspecified atom stereocenters. The van der Waals surface area contributed by atoms with Crippen LogP contribution in [0, 0.1) is 0 Å². The number of carbonyl (C=O) groups is 2. The number of amides is 1. The molecule has 17 heavy (non-hydrogen) atoms. The van der Waals surface area contributed by atoms with Crippen molar-refractivity contribution in [2.24, 2.45) is 0 Å². The summed E-state index contributed by atoms with van der Waals surface area (Å²) < 4.78 is 5.11. The monoisotopic (exact) mass is 237 g/mol. The first-order valence-electron chi connectivity index (χ1n) is 5.08. The largest absolute Gasteiger partial charge is 0.496 e. The number of carboxylic acid groups (broad SMARTS) is 1. The van der Waals surface area contributed by atoms with Gasteiger partial charge in [0.15, 0.2) is 6.04 Å². The molecule has 0 aromatic heterocycles. The van der Waals surface area contributed by atoms with Crippen molar-refractivity contribution in [1.82, 2.24) is 4.90 Å². The van der Waals surface area contributed by atoms with Gasteiger partial charge in [0, 0.05) is 19.5 Å². The van der Waals surface area contributed by atoms with E-state index < -0.39 is 12.0 Å². The molecule has 1 amide bonds. The number of aliphatic carboxylic acids is 1. The molecular formula is C12H15NO4. The van der Waals surface area contributed by atoms with Gasteiger partial charge in [-0.1, -0.05) is 18.2 Å². The van der Waals surface area contributed by atoms with Gasteiger partial charge in [0.1, 0.15) is 5.75 Å². The highest BCUT2D eigenvalue weighted by Gasteiger charge is 2.28. The van der Waals surface area contributed by atoms with Crippen LogP contribution in [0.1, 0.15) is 18.5 Å². The number of carboxylic acids is 1. The van der Waals surface area contributed by atoms with Crippen LogP contribution in [-0.2, 0) is 9.59 Å². The highest BCUT2D eigenvalue weighted by Crippen LogP contribution is 2.28. The first-order chi connectivity index (χ1) is 7.99. The molecule has 0 aliphatic heterocycles. The van der Waals surface area contributed by atoms with Gasteiger partial charge in [0.2, 0.25) is 5.91 Å². The minimum absolute atomic E-state index is 0.316. The molecule has 1 rings (SSSR count). The van der Waals surface area contributed by atoms with Gasteiger partial charge >= 0.3 is 5.97 Å². The highest BCUT2D eigenvalue weighted by molar-refractivity contribution is 5.83. The maximum Gasteiger partial charge on any atom is 0.331 e. The Labute approximate surface area is 99.6 Å². The van der Waals surface area contributed by atoms with Crippen LogP contribution in [0.15, 0.2) is 24.3 Å². The van der Waals surface area contributed by atoms with E-state index in [0.717, 1.165) is 0 Å². The van der Waals surface area contributed by atoms with Gasteiger partial charge in [-0.25, -0.2) is 4.79 Å². The van der Waals surface area contributed by atoms with E-state index in [1.165, 1.54) is 26.0 Å². The molecule has 1 aromatic carbocycles. The van der Waals surface area contributed by atoms with E-state index >= 15 is 0 Å². The second kappa shape index (κ2) is 5.34. The van der Waals surface area contributed by atoms with Crippen molar-refractivity contribution in [2.75, 3.05) is 14.2 Å². The van der Waals surface area contributed by atoms with Crippen LogP contribution in [0.5, 0.6) is 5.75 Å². The van der Waals surface area contributed by atoms with E-state index in [1.807, 2.05) is 0 Å². The third-order valence-corrected chi connectivity index (χ3v) is 2.55. The normalized spacial score (nSPS) is 11.7. The van der Waals surface area contributed by atoms with Gasteiger partial charge in [-0.3, -0.25) is 4.79 Å². The number of hydrogen-bond donors (Lipinski definition) is 1. The van der Waals surface area contributed by atoms with Crippen LogP contribution in [0.4, 0.5) is 0 Å². The van der Waals surface area contributed by atoms with E-state index in [2.05, 4.69) is 0 Å². The predicted octanol–water partition coefficient (Wildman–Crippen LogP) is 1.30. The minimum Gasteiger partial charge on any atom is -0.496 e. The Balaban J connectivity index is 3.23. The Morgan fingerprint density at radius 1 is 1.35 bits per heavy atom. The third kappa shape index (κ3) is 2.75. The summed E-state index contributed by atoms with van der Waals surface area (Å²) in [6, 6.07) is 5.72. The van der Waals surface area contributed by atoms with Crippen molar-refractivity contribution in [3.63, 3.8) is 0 Å². The van der Waals surface area contributed by atoms with Crippen LogP contribution < -0.4 is 4.74 Å². The predicted molar refractivity (Wildman–Crippen MR) is 61.8 cm³/mol. The van der Waals surface area contributed by atoms with Gasteiger partial charge in [0.05, 0.1) is 7.11 Å². The molecule has 92 valence electrons. The van der Waals surface area contributed by atoms with E-state index in [4.69, 9.17) is 4.74 Å². The highest BCUT2D eigenvalue weighted by atomic mass is 16.5. The van der Waals surface area contributed by atoms with E-state index in [0.29, 0.717) is 11.3 Å². The Morgan fingerprint density at radius 2 is 1.94 bits per heavy atom. The summed E-state index contributed by atoms with van der Waals surface area (Å²) in [6.45, 7) is 1.32. The van der Waals surface area contributed by atoms with Crippen molar-refractivity contribution >= 4 is 11.9 Å². The molecule has 0 radical (unpaired) electrons. The first-order valence-corrected chi connectivity index (χ1v) is 5.08. The summed E-state index contributed by atoms with van der Waals surface area (Å²) in [4.78, 5) is 23.7. The van der Waals surface area contributed by atoms with Crippen molar-refractivity contribution in [2.45, 2.75) is 13.0 Å². The molecule has 0 saturated carbocycles. The van der Waals surface area contributed by atoms with Crippen LogP contribution >= 0.6 is 0 Å². The number of rotatable bonds is 4. The summed E-state index contributed by atoms with van der Waals surface area (Å²) in [5, 5.41) is 9.22. The lowest BCUT2D eigenvalue weighted by Crippen LogP contribution is -2.34. The van der Waals surface area contributed by atoms with Crippen LogP contribution in [0.2, 0.25) is 0 Å². The maximum atomic E-state index is 11.3. The lowest BCUT2D eigenvalue weighted by atomic mass is 10.0. The summed E-state index contributed by atoms with van der Waals surface area (Å²) in [5.41, 5.74) is 0.459. The van der Waals surface area contributed by atoms with Crippen molar-refractivity contribution in [1.29, 1.82) is 0 Å². The molecular weight excluding hydrogens is 222 g/mol. The summed E-state index contributed by atoms with van der Waals surface area (Å²) in [5.74, 6) is -0.955. The summed E-state index contributed by atoms with van der Waals surface area (Å²) in [7, 11) is 2.92. The maximum absolute atomic E-state index is 11.3. The molecule has 0 bridgehead atoms. The summed E-state index contributed by atoms with van der Waals surface area (Å²) >= 11 is 0. The molecule has 0 aliphatic rings. The third-order valence-electron chi connectivity index (χ3n) is 2.55. The first kappa shape index (κ1) is 13.0. The average molecular weight is 237 g/mol. The van der Waals surface area contributed by atoms with Crippen LogP contribution in [0.25, 0.3) is 0 Å². The fourth-order valence-electron chi connectivity index (χ4n) is 1.58. The Morgan fingerprint density at radius 3 is 2.41 bits per heavy atom. The molecule has 1 N–H and O–H groups in total. The number of carbonyl (C=O) groups excluding carboxylic acids is 1. The Hall–Kier alpha value is -2.04. The average Bonchev–Trinajstić information content (AvgIpc) is 2.29. The molecule has 5 nitrogen and oxygen atoms in total. The van der Waals surface area contributed by atoms with Gasteiger partial charge in [0.25, 0.3) is 0 Å². The fourth-order valence-corrected chi connectivity index (χ4v) is 1.58. The Bertz CT molecular complexity index is 430. The SMILES string of the molecule is COc1ccccc1C(C(=O)O)N(C)C(C)=O. The van der Waals surface area contributed by atoms with Crippen molar-refractivity contribution < 1.29 is 19.4 Å². The minimum atomic E-state index is -1.09. The molecule has 1 atom stereocenters. The quantitative estimate of drug-likeness (QED) is 0.857. The van der Waals surface area contributed by atoms with E-state index in [9.17, 15) is 14.7 Å². The molecule has 5 heteroatoms. The van der Waals surface area contributed by atoms with Crippen LogP contribution in [-0.4, -0.2) is 36.0 Å². The van der Waals surface area contributed by atoms with Crippen molar-refractivity contribution in [3.8, 4) is 5.75 Å². The van der Waals surface area contributed by atoms with Gasteiger partial charge in [-0.2, -0.15) is 0 Å². The fraction of sp³-hybridized carbons (Fsp3) is 0.333. The number of nitrogens with zero attached hydrogens (tertiary/aromatic N) is 1. The lowest BCUT2D eigenvalue weighted by Gasteiger charge is -2.25. The summed E-state index contributed by atoms with van der Waals surface area (Å²) in [6.07, 6.45) is 0. The molecule has 1 aromatic rings. The van der Waals surface area contributed by atoms with Gasteiger partial charge < -0.3 is 14.7 Å². The Kier molecular flexibility index (Phi) is 4.09. The zero-order valence-electron chi connectivity index (χ0n) is 10.0. The standard InChI is InChI=1S/C12H15NO4/c1-8(14)13(2)11(12(15)16)9-6-4-5-7-10(9)17-3/h4-7,11H,1-3H3,(H,15,16). The molecule has 0 saturated heterocycles. The number of para-hydroxylation sites is 1. The number of ether oxygens (including phenoxy) is 1. The smallest absolute Gasteiger partial charge is 0.331 e. The zero-order valence-corrected chi connectivity index (χ0v) is 10.0. The number of hydrogen-bond acceptors (Lipinski definition) is 3. The number of likely N-dealkylation sites (N-methyl/N-ethyl adjacent to an activating group) is 1. The topological polar surface area (TPSA) is 66.8 Å². The van der Waals surface area contributed by atoms with Gasteiger partial charge in [-0.15, -0.1) is 0 Å². The van der Waals surface area contributed by atoms with Gasteiger partial charge in [-0.05, 0) is 6.07 Å².